The normalized spacial score (nSPS) is 9.92. The molecule has 0 aliphatic rings. The molecule has 0 saturated carbocycles. The molecule has 0 unspecified atom stereocenters. The number of hydrogen-bond acceptors (Lipinski definition) is 5. The molecule has 13 heavy (non-hydrogen) atoms. The van der Waals surface area contributed by atoms with E-state index in [0.29, 0.717) is 17.5 Å². The third-order valence-corrected chi connectivity index (χ3v) is 2.20. The first-order chi connectivity index (χ1) is 6.20. The van der Waals surface area contributed by atoms with E-state index >= 15 is 0 Å². The van der Waals surface area contributed by atoms with Gasteiger partial charge in [-0.05, 0) is 10.4 Å². The van der Waals surface area contributed by atoms with Crippen LogP contribution >= 0.6 is 11.8 Å². The van der Waals surface area contributed by atoms with Gasteiger partial charge < -0.3 is 5.32 Å². The van der Waals surface area contributed by atoms with Crippen LogP contribution in [0.25, 0.3) is 0 Å². The molecule has 71 valence electrons. The van der Waals surface area contributed by atoms with Crippen molar-refractivity contribution in [2.45, 2.75) is 5.16 Å². The van der Waals surface area contributed by atoms with Gasteiger partial charge in [0, 0.05) is 19.3 Å². The first kappa shape index (κ1) is 9.78. The second kappa shape index (κ2) is 4.65. The van der Waals surface area contributed by atoms with Crippen molar-refractivity contribution in [3.63, 3.8) is 0 Å². The molecule has 1 amide bonds. The highest BCUT2D eigenvalue weighted by molar-refractivity contribution is 7.99. The average Bonchev–Trinajstić information content (AvgIpc) is 2.45. The number of carbonyl (C=O) groups is 1. The van der Waals surface area contributed by atoms with Crippen molar-refractivity contribution in [3.8, 4) is 0 Å². The zero-order chi connectivity index (χ0) is 9.68. The number of aromatic nitrogens is 4. The number of carbonyl (C=O) groups excluding carboxylic acids is 1. The van der Waals surface area contributed by atoms with Crippen LogP contribution in [0.5, 0.6) is 0 Å². The molecule has 0 aliphatic carbocycles. The molecule has 1 heterocycles. The van der Waals surface area contributed by atoms with Crippen LogP contribution in [0.15, 0.2) is 5.16 Å². The van der Waals surface area contributed by atoms with Gasteiger partial charge in [-0.1, -0.05) is 11.8 Å². The Morgan fingerprint density at radius 3 is 3.00 bits per heavy atom. The number of hydrogen-bond donors (Lipinski definition) is 1. The summed E-state index contributed by atoms with van der Waals surface area (Å²) in [4.78, 5) is 9.95. The minimum atomic E-state index is -1.27. The van der Waals surface area contributed by atoms with Crippen molar-refractivity contribution >= 4 is 17.9 Å². The molecule has 0 saturated heterocycles. The van der Waals surface area contributed by atoms with Crippen molar-refractivity contribution in [3.05, 3.63) is 0 Å². The third-order valence-electron chi connectivity index (χ3n) is 1.18. The maximum Gasteiger partial charge on any atom is 0.450 e. The summed E-state index contributed by atoms with van der Waals surface area (Å²) in [6, 6.07) is 0. The Balaban J connectivity index is 2.20. The van der Waals surface area contributed by atoms with Gasteiger partial charge in [0.25, 0.3) is 0 Å². The van der Waals surface area contributed by atoms with Crippen molar-refractivity contribution in [1.29, 1.82) is 0 Å². The molecule has 1 rings (SSSR count). The molecule has 8 heteroatoms. The van der Waals surface area contributed by atoms with E-state index in [-0.39, 0.29) is 0 Å². The maximum atomic E-state index is 9.95. The summed E-state index contributed by atoms with van der Waals surface area (Å²) in [6.45, 7) is 0.319. The van der Waals surface area contributed by atoms with Gasteiger partial charge in [-0.15, -0.1) is 5.10 Å². The quantitative estimate of drug-likeness (QED) is 0.522. The highest BCUT2D eigenvalue weighted by Crippen LogP contribution is 2.10. The second-order valence-corrected chi connectivity index (χ2v) is 3.21. The molecule has 1 aromatic rings. The summed E-state index contributed by atoms with van der Waals surface area (Å²) in [5.41, 5.74) is 0. The smallest absolute Gasteiger partial charge is 0.318 e. The van der Waals surface area contributed by atoms with E-state index in [4.69, 9.17) is 0 Å². The Morgan fingerprint density at radius 1 is 1.69 bits per heavy atom. The maximum absolute atomic E-state index is 9.95. The molecular weight excluding hydrogens is 194 g/mol. The van der Waals surface area contributed by atoms with Crippen LogP contribution in [0.2, 0.25) is 0 Å². The Kier molecular flexibility index (Phi) is 3.50. The molecule has 0 aromatic carbocycles. The lowest BCUT2D eigenvalue weighted by Gasteiger charge is -1.97. The highest BCUT2D eigenvalue weighted by atomic mass is 32.2. The van der Waals surface area contributed by atoms with Gasteiger partial charge in [-0.25, -0.2) is 14.6 Å². The van der Waals surface area contributed by atoms with E-state index in [1.165, 1.54) is 16.4 Å². The van der Waals surface area contributed by atoms with Gasteiger partial charge in [0.05, 0.1) is 0 Å². The van der Waals surface area contributed by atoms with E-state index in [0.717, 1.165) is 0 Å². The van der Waals surface area contributed by atoms with E-state index in [1.807, 2.05) is 0 Å². The fraction of sp³-hybridized carbons (Fsp3) is 0.600. The summed E-state index contributed by atoms with van der Waals surface area (Å²) in [5.74, 6) is 0.572. The molecule has 0 atom stereocenters. The molecular formula is C5H8N5O2S. The predicted molar refractivity (Wildman–Crippen MR) is 43.6 cm³/mol. The fourth-order valence-electron chi connectivity index (χ4n) is 0.639. The zero-order valence-electron chi connectivity index (χ0n) is 6.93. The van der Waals surface area contributed by atoms with Crippen molar-refractivity contribution in [2.24, 2.45) is 7.05 Å². The van der Waals surface area contributed by atoms with Gasteiger partial charge in [-0.2, -0.15) is 0 Å². The Morgan fingerprint density at radius 2 is 2.46 bits per heavy atom. The summed E-state index contributed by atoms with van der Waals surface area (Å²) in [5, 5.41) is 23.5. The van der Waals surface area contributed by atoms with Crippen LogP contribution in [0, 0.1) is 0 Å². The Hall–Kier alpha value is -1.31. The fourth-order valence-corrected chi connectivity index (χ4v) is 1.34. The van der Waals surface area contributed by atoms with Gasteiger partial charge in [0.1, 0.15) is 0 Å². The van der Waals surface area contributed by atoms with Gasteiger partial charge in [-0.3, -0.25) is 0 Å². The average molecular weight is 202 g/mol. The first-order valence-corrected chi connectivity index (χ1v) is 4.48. The van der Waals surface area contributed by atoms with Crippen molar-refractivity contribution in [2.75, 3.05) is 12.3 Å². The molecule has 1 radical (unpaired) electrons. The van der Waals surface area contributed by atoms with Crippen LogP contribution in [0.3, 0.4) is 0 Å². The molecule has 0 aliphatic heterocycles. The number of nitrogens with one attached hydrogen (secondary N) is 1. The Labute approximate surface area is 78.5 Å². The summed E-state index contributed by atoms with van der Waals surface area (Å²) in [6.07, 6.45) is -1.27. The third kappa shape index (κ3) is 3.28. The molecule has 0 fully saturated rings. The minimum Gasteiger partial charge on any atom is -0.318 e. The van der Waals surface area contributed by atoms with Crippen LogP contribution in [0.4, 0.5) is 4.79 Å². The van der Waals surface area contributed by atoms with Crippen molar-refractivity contribution in [1.82, 2.24) is 25.5 Å². The summed E-state index contributed by atoms with van der Waals surface area (Å²) >= 11 is 1.37. The molecule has 0 spiro atoms. The topological polar surface area (TPSA) is 92.6 Å². The number of aryl methyl sites for hydroxylation is 1. The number of thioether (sulfide) groups is 1. The summed E-state index contributed by atoms with van der Waals surface area (Å²) < 4.78 is 1.52. The molecule has 7 nitrogen and oxygen atoms in total. The van der Waals surface area contributed by atoms with Crippen LogP contribution in [-0.2, 0) is 12.2 Å². The predicted octanol–water partition coefficient (Wildman–Crippen LogP) is -0.558. The minimum absolute atomic E-state index is 0.319. The van der Waals surface area contributed by atoms with E-state index in [2.05, 4.69) is 20.8 Å². The van der Waals surface area contributed by atoms with Gasteiger partial charge in [0.2, 0.25) is 5.16 Å². The second-order valence-electron chi connectivity index (χ2n) is 2.15. The molecule has 1 N–H and O–H groups in total. The SMILES string of the molecule is Cn1nnnc1SCCNC([O])=O. The van der Waals surface area contributed by atoms with Crippen LogP contribution in [0.1, 0.15) is 0 Å². The van der Waals surface area contributed by atoms with Gasteiger partial charge in [0.15, 0.2) is 0 Å². The largest absolute Gasteiger partial charge is 0.450 e. The van der Waals surface area contributed by atoms with E-state index in [1.54, 1.807) is 7.05 Å². The highest BCUT2D eigenvalue weighted by Gasteiger charge is 2.02. The first-order valence-electron chi connectivity index (χ1n) is 3.50. The molecule has 1 aromatic heterocycles. The lowest BCUT2D eigenvalue weighted by molar-refractivity contribution is 0.169. The Bertz CT molecular complexity index is 288. The number of amides is 1. The number of tetrazole rings is 1. The van der Waals surface area contributed by atoms with E-state index < -0.39 is 6.09 Å². The number of nitrogens with zero attached hydrogens (tertiary/aromatic N) is 4. The van der Waals surface area contributed by atoms with Crippen LogP contribution in [-0.4, -0.2) is 38.6 Å². The van der Waals surface area contributed by atoms with Crippen molar-refractivity contribution < 1.29 is 9.90 Å². The standard InChI is InChI=1S/C5H8N5O2S/c1-10-4(7-8-9-10)13-3-2-6-5(11)12/h6H,2-3H2,1H3. The summed E-state index contributed by atoms with van der Waals surface area (Å²) in [7, 11) is 1.72. The van der Waals surface area contributed by atoms with Crippen LogP contribution < -0.4 is 5.32 Å². The lowest BCUT2D eigenvalue weighted by atomic mass is 10.7. The lowest BCUT2D eigenvalue weighted by Crippen LogP contribution is -2.22. The zero-order valence-corrected chi connectivity index (χ0v) is 7.74. The monoisotopic (exact) mass is 202 g/mol. The van der Waals surface area contributed by atoms with E-state index in [9.17, 15) is 9.90 Å². The molecule has 0 bridgehead atoms. The van der Waals surface area contributed by atoms with Gasteiger partial charge >= 0.3 is 6.09 Å². The number of rotatable bonds is 4.